The van der Waals surface area contributed by atoms with Crippen molar-refractivity contribution in [3.05, 3.63) is 30.0 Å². The highest BCUT2D eigenvalue weighted by Gasteiger charge is 2.42. The molecule has 12 heteroatoms. The maximum atomic E-state index is 14.0. The smallest absolute Gasteiger partial charge is 0.424 e. The molecule has 1 rings (SSSR count). The molecule has 2 amide bonds. The van der Waals surface area contributed by atoms with Gasteiger partial charge in [0.15, 0.2) is 5.69 Å². The topological polar surface area (TPSA) is 104 Å². The zero-order valence-corrected chi connectivity index (χ0v) is 21.0. The molecule has 0 aliphatic heterocycles. The fourth-order valence-corrected chi connectivity index (χ4v) is 2.56. The van der Waals surface area contributed by atoms with E-state index < -0.39 is 64.5 Å². The number of hydrogen-bond acceptors (Lipinski definition) is 8. The number of nitrogens with zero attached hydrogens (tertiary/aromatic N) is 2. The number of hydrogen-bond donors (Lipinski definition) is 0. The van der Waals surface area contributed by atoms with Crippen LogP contribution in [0.25, 0.3) is 0 Å². The summed E-state index contributed by atoms with van der Waals surface area (Å²) in [5, 5.41) is 0. The van der Waals surface area contributed by atoms with E-state index in [0.29, 0.717) is 6.07 Å². The van der Waals surface area contributed by atoms with Gasteiger partial charge in [0.1, 0.15) is 22.9 Å². The van der Waals surface area contributed by atoms with E-state index in [9.17, 15) is 27.6 Å². The SMILES string of the molecule is C=CCC(C)Oc1nc(C(=O)OC)c(N(C(=O)OC(C)(C)C)C(=O)OC(C)(C)C)cc1C(F)(F)F. The van der Waals surface area contributed by atoms with Gasteiger partial charge in [0.25, 0.3) is 0 Å². The number of halogens is 3. The van der Waals surface area contributed by atoms with Crippen LogP contribution in [0.15, 0.2) is 18.7 Å². The third-order valence-corrected chi connectivity index (χ3v) is 3.86. The molecule has 35 heavy (non-hydrogen) atoms. The van der Waals surface area contributed by atoms with Crippen LogP contribution in [-0.4, -0.2) is 47.6 Å². The highest BCUT2D eigenvalue weighted by atomic mass is 19.4. The number of aromatic nitrogens is 1. The maximum absolute atomic E-state index is 14.0. The zero-order chi connectivity index (χ0) is 27.4. The van der Waals surface area contributed by atoms with Crippen LogP contribution in [0.2, 0.25) is 0 Å². The molecule has 0 saturated heterocycles. The van der Waals surface area contributed by atoms with Gasteiger partial charge < -0.3 is 18.9 Å². The minimum atomic E-state index is -5.03. The molecule has 0 N–H and O–H groups in total. The molecule has 1 aromatic rings. The van der Waals surface area contributed by atoms with Crippen molar-refractivity contribution >= 4 is 23.8 Å². The summed E-state index contributed by atoms with van der Waals surface area (Å²) in [5.74, 6) is -2.17. The summed E-state index contributed by atoms with van der Waals surface area (Å²) in [6, 6.07) is 0.392. The fraction of sp³-hybridized carbons (Fsp3) is 0.565. The van der Waals surface area contributed by atoms with Crippen molar-refractivity contribution in [1.29, 1.82) is 0 Å². The Morgan fingerprint density at radius 3 is 1.91 bits per heavy atom. The van der Waals surface area contributed by atoms with Crippen LogP contribution in [-0.2, 0) is 20.4 Å². The van der Waals surface area contributed by atoms with Crippen molar-refractivity contribution in [3.8, 4) is 5.88 Å². The summed E-state index contributed by atoms with van der Waals surface area (Å²) < 4.78 is 62.3. The third-order valence-electron chi connectivity index (χ3n) is 3.86. The lowest BCUT2D eigenvalue weighted by Gasteiger charge is -2.29. The molecule has 9 nitrogen and oxygen atoms in total. The number of methoxy groups -OCH3 is 1. The standard InChI is InChI=1S/C23H31F3N2O7/c1-10-11-13(2)33-17-14(23(24,25)26)12-15(16(27-17)18(29)32-9)28(19(30)34-21(3,4)5)20(31)35-22(6,7)8/h10,12-13H,1,11H2,2-9H3. The molecule has 0 saturated carbocycles. The van der Waals surface area contributed by atoms with E-state index in [-0.39, 0.29) is 11.3 Å². The molecule has 1 unspecified atom stereocenters. The Labute approximate surface area is 202 Å². The van der Waals surface area contributed by atoms with Crippen LogP contribution < -0.4 is 9.64 Å². The Bertz CT molecular complexity index is 936. The number of rotatable bonds is 6. The predicted molar refractivity (Wildman–Crippen MR) is 120 cm³/mol. The minimum absolute atomic E-state index is 0.169. The molecule has 196 valence electrons. The number of imide groups is 1. The highest BCUT2D eigenvalue weighted by Crippen LogP contribution is 2.40. The lowest BCUT2D eigenvalue weighted by atomic mass is 10.1. The molecular weight excluding hydrogens is 473 g/mol. The summed E-state index contributed by atoms with van der Waals surface area (Å²) in [7, 11) is 0.956. The Hall–Kier alpha value is -3.31. The predicted octanol–water partition coefficient (Wildman–Crippen LogP) is 5.91. The van der Waals surface area contributed by atoms with Gasteiger partial charge in [0, 0.05) is 6.42 Å². The Balaban J connectivity index is 3.93. The van der Waals surface area contributed by atoms with Gasteiger partial charge >= 0.3 is 24.3 Å². The average molecular weight is 505 g/mol. The van der Waals surface area contributed by atoms with Crippen LogP contribution in [0.4, 0.5) is 28.4 Å². The number of alkyl halides is 3. The van der Waals surface area contributed by atoms with Crippen LogP contribution in [0.1, 0.15) is 70.9 Å². The number of anilines is 1. The quantitative estimate of drug-likeness (QED) is 0.268. The van der Waals surface area contributed by atoms with Gasteiger partial charge in [-0.2, -0.15) is 18.1 Å². The summed E-state index contributed by atoms with van der Waals surface area (Å²) in [6.07, 6.45) is -6.99. The van der Waals surface area contributed by atoms with Crippen LogP contribution >= 0.6 is 0 Å². The van der Waals surface area contributed by atoms with Crippen LogP contribution in [0.5, 0.6) is 5.88 Å². The second-order valence-corrected chi connectivity index (χ2v) is 9.45. The lowest BCUT2D eigenvalue weighted by molar-refractivity contribution is -0.139. The van der Waals surface area contributed by atoms with Gasteiger partial charge in [0.2, 0.25) is 5.88 Å². The number of ether oxygens (including phenoxy) is 4. The van der Waals surface area contributed by atoms with Gasteiger partial charge in [-0.05, 0) is 54.5 Å². The van der Waals surface area contributed by atoms with Gasteiger partial charge in [0.05, 0.1) is 12.8 Å². The first-order chi connectivity index (χ1) is 15.8. The summed E-state index contributed by atoms with van der Waals surface area (Å²) >= 11 is 0. The van der Waals surface area contributed by atoms with E-state index in [2.05, 4.69) is 16.3 Å². The van der Waals surface area contributed by atoms with E-state index in [1.54, 1.807) is 0 Å². The lowest BCUT2D eigenvalue weighted by Crippen LogP contribution is -2.44. The van der Waals surface area contributed by atoms with Gasteiger partial charge in [-0.1, -0.05) is 6.08 Å². The van der Waals surface area contributed by atoms with E-state index >= 15 is 0 Å². The Morgan fingerprint density at radius 1 is 1.06 bits per heavy atom. The zero-order valence-electron chi connectivity index (χ0n) is 21.0. The molecule has 0 aliphatic rings. The number of amides is 2. The summed E-state index contributed by atoms with van der Waals surface area (Å²) in [4.78, 5) is 42.3. The number of carbonyl (C=O) groups is 3. The number of carbonyl (C=O) groups excluding carboxylic acids is 3. The van der Waals surface area contributed by atoms with Crippen LogP contribution in [0, 0.1) is 0 Å². The van der Waals surface area contributed by atoms with Gasteiger partial charge in [-0.3, -0.25) is 0 Å². The van der Waals surface area contributed by atoms with Crippen LogP contribution in [0.3, 0.4) is 0 Å². The second kappa shape index (κ2) is 11.0. The van der Waals surface area contributed by atoms with Crippen molar-refractivity contribution in [3.63, 3.8) is 0 Å². The second-order valence-electron chi connectivity index (χ2n) is 9.45. The largest absolute Gasteiger partial charge is 0.474 e. The summed E-state index contributed by atoms with van der Waals surface area (Å²) in [5.41, 5.74) is -5.37. The minimum Gasteiger partial charge on any atom is -0.474 e. The van der Waals surface area contributed by atoms with Gasteiger partial charge in [-0.25, -0.2) is 19.4 Å². The van der Waals surface area contributed by atoms with E-state index in [1.807, 2.05) is 0 Å². The van der Waals surface area contributed by atoms with Crippen molar-refractivity contribution < 1.29 is 46.5 Å². The summed E-state index contributed by atoms with van der Waals surface area (Å²) in [6.45, 7) is 13.9. The molecule has 1 heterocycles. The van der Waals surface area contributed by atoms with Crippen molar-refractivity contribution in [1.82, 2.24) is 4.98 Å². The van der Waals surface area contributed by atoms with E-state index in [0.717, 1.165) is 7.11 Å². The molecule has 0 radical (unpaired) electrons. The fourth-order valence-electron chi connectivity index (χ4n) is 2.56. The molecule has 0 bridgehead atoms. The molecular formula is C23H31F3N2O7. The molecule has 0 aromatic carbocycles. The monoisotopic (exact) mass is 504 g/mol. The highest BCUT2D eigenvalue weighted by molar-refractivity contribution is 6.13. The Kier molecular flexibility index (Phi) is 9.30. The molecule has 0 spiro atoms. The van der Waals surface area contributed by atoms with E-state index in [1.165, 1.54) is 54.5 Å². The number of pyridine rings is 1. The van der Waals surface area contributed by atoms with Crippen molar-refractivity contribution in [2.45, 2.75) is 78.4 Å². The average Bonchev–Trinajstić information content (AvgIpc) is 2.64. The first kappa shape index (κ1) is 29.7. The maximum Gasteiger partial charge on any atom is 0.424 e. The number of esters is 1. The first-order valence-electron chi connectivity index (χ1n) is 10.5. The third kappa shape index (κ3) is 8.76. The van der Waals surface area contributed by atoms with E-state index in [4.69, 9.17) is 14.2 Å². The molecule has 0 fully saturated rings. The molecule has 1 atom stereocenters. The first-order valence-corrected chi connectivity index (χ1v) is 10.5. The van der Waals surface area contributed by atoms with Crippen molar-refractivity contribution in [2.75, 3.05) is 12.0 Å². The Morgan fingerprint density at radius 2 is 1.54 bits per heavy atom. The van der Waals surface area contributed by atoms with Crippen molar-refractivity contribution in [2.24, 2.45) is 0 Å². The molecule has 0 aliphatic carbocycles. The normalized spacial score (nSPS) is 12.9. The molecule has 1 aromatic heterocycles. The van der Waals surface area contributed by atoms with Gasteiger partial charge in [-0.15, -0.1) is 6.58 Å².